The van der Waals surface area contributed by atoms with E-state index in [-0.39, 0.29) is 24.0 Å². The lowest BCUT2D eigenvalue weighted by Gasteiger charge is -2.48. The third-order valence-electron chi connectivity index (χ3n) is 6.99. The van der Waals surface area contributed by atoms with Gasteiger partial charge in [0.25, 0.3) is 5.91 Å². The zero-order valence-corrected chi connectivity index (χ0v) is 23.8. The van der Waals surface area contributed by atoms with Crippen LogP contribution in [-0.4, -0.2) is 57.8 Å². The van der Waals surface area contributed by atoms with E-state index in [1.807, 2.05) is 60.7 Å². The molecule has 5 rings (SSSR count). The minimum atomic E-state index is -0.702. The molecule has 9 heteroatoms. The summed E-state index contributed by atoms with van der Waals surface area (Å²) in [4.78, 5) is 44.8. The number of rotatable bonds is 8. The minimum absolute atomic E-state index is 0.0969. The van der Waals surface area contributed by atoms with Crippen LogP contribution < -0.4 is 0 Å². The number of hydrogen-bond acceptors (Lipinski definition) is 8. The van der Waals surface area contributed by atoms with Gasteiger partial charge in [-0.3, -0.25) is 19.5 Å². The molecule has 0 spiro atoms. The van der Waals surface area contributed by atoms with Gasteiger partial charge in [-0.05, 0) is 53.8 Å². The normalized spacial score (nSPS) is 18.3. The van der Waals surface area contributed by atoms with E-state index in [4.69, 9.17) is 9.47 Å². The minimum Gasteiger partial charge on any atom is -0.507 e. The number of hydrogen-bond donors (Lipinski definition) is 1. The number of carbonyl (C=O) groups is 3. The SMILES string of the molecule is CC(=O)OCC1=C(C(=O)OC(c2ccccc2)c2ccccc2)N2C(=O)[C@@H](N=Cc3cc(C)c(O)c(C)c3)[C@@H]2SC1. The second-order valence-electron chi connectivity index (χ2n) is 9.98. The van der Waals surface area contributed by atoms with E-state index in [9.17, 15) is 19.5 Å². The first-order valence-corrected chi connectivity index (χ1v) is 14.2. The molecule has 8 nitrogen and oxygen atoms in total. The summed E-state index contributed by atoms with van der Waals surface area (Å²) in [6.45, 7) is 4.78. The summed E-state index contributed by atoms with van der Waals surface area (Å²) in [5.41, 5.74) is 4.38. The van der Waals surface area contributed by atoms with Gasteiger partial charge >= 0.3 is 11.9 Å². The third-order valence-corrected chi connectivity index (χ3v) is 8.31. The van der Waals surface area contributed by atoms with Crippen molar-refractivity contribution in [1.29, 1.82) is 0 Å². The number of aryl methyl sites for hydroxylation is 2. The van der Waals surface area contributed by atoms with Crippen LogP contribution in [-0.2, 0) is 23.9 Å². The van der Waals surface area contributed by atoms with Gasteiger partial charge in [-0.1, -0.05) is 60.7 Å². The van der Waals surface area contributed by atoms with Crippen LogP contribution in [0.1, 0.15) is 40.8 Å². The number of phenolic OH excluding ortho intramolecular Hbond substituents is 1. The van der Waals surface area contributed by atoms with Gasteiger partial charge < -0.3 is 14.6 Å². The van der Waals surface area contributed by atoms with Crippen molar-refractivity contribution in [2.45, 2.75) is 38.3 Å². The van der Waals surface area contributed by atoms with E-state index in [1.165, 1.54) is 23.6 Å². The molecule has 1 fully saturated rings. The molecule has 210 valence electrons. The molecule has 0 radical (unpaired) electrons. The molecular formula is C32H30N2O6S. The van der Waals surface area contributed by atoms with Gasteiger partial charge in [-0.25, -0.2) is 4.79 Å². The molecule has 0 aromatic heterocycles. The number of aromatic hydroxyl groups is 1. The fourth-order valence-electron chi connectivity index (χ4n) is 4.93. The van der Waals surface area contributed by atoms with Crippen LogP contribution in [0.15, 0.2) is 89.1 Å². The van der Waals surface area contributed by atoms with E-state index < -0.39 is 29.5 Å². The molecule has 2 aliphatic rings. The molecule has 1 N–H and O–H groups in total. The maximum atomic E-state index is 13.9. The number of fused-ring (bicyclic) bond motifs is 1. The van der Waals surface area contributed by atoms with Gasteiger partial charge in [-0.15, -0.1) is 11.8 Å². The van der Waals surface area contributed by atoms with Crippen molar-refractivity contribution in [1.82, 2.24) is 4.90 Å². The van der Waals surface area contributed by atoms with E-state index in [0.717, 1.165) is 27.8 Å². The average Bonchev–Trinajstić information content (AvgIpc) is 2.97. The molecule has 0 aliphatic carbocycles. The third kappa shape index (κ3) is 5.90. The van der Waals surface area contributed by atoms with E-state index >= 15 is 0 Å². The van der Waals surface area contributed by atoms with Gasteiger partial charge in [0.1, 0.15) is 23.4 Å². The molecule has 0 bridgehead atoms. The first-order valence-electron chi connectivity index (χ1n) is 13.2. The first-order chi connectivity index (χ1) is 19.7. The van der Waals surface area contributed by atoms with Crippen molar-refractivity contribution in [3.8, 4) is 5.75 Å². The van der Waals surface area contributed by atoms with Crippen molar-refractivity contribution in [3.05, 3.63) is 112 Å². The molecule has 2 aliphatic heterocycles. The Bertz CT molecular complexity index is 1470. The van der Waals surface area contributed by atoms with Gasteiger partial charge in [-0.2, -0.15) is 0 Å². The molecule has 0 saturated carbocycles. The summed E-state index contributed by atoms with van der Waals surface area (Å²) in [5.74, 6) is -0.893. The summed E-state index contributed by atoms with van der Waals surface area (Å²) in [6.07, 6.45) is 0.920. The lowest BCUT2D eigenvalue weighted by Crippen LogP contribution is -2.64. The quantitative estimate of drug-likeness (QED) is 0.234. The topological polar surface area (TPSA) is 106 Å². The van der Waals surface area contributed by atoms with Crippen LogP contribution in [0, 0.1) is 13.8 Å². The van der Waals surface area contributed by atoms with Crippen molar-refractivity contribution in [3.63, 3.8) is 0 Å². The monoisotopic (exact) mass is 570 g/mol. The van der Waals surface area contributed by atoms with Crippen LogP contribution >= 0.6 is 11.8 Å². The lowest BCUT2D eigenvalue weighted by molar-refractivity contribution is -0.153. The second-order valence-corrected chi connectivity index (χ2v) is 11.1. The Morgan fingerprint density at radius 2 is 1.63 bits per heavy atom. The summed E-state index contributed by atoms with van der Waals surface area (Å²) in [5, 5.41) is 9.66. The van der Waals surface area contributed by atoms with Crippen LogP contribution in [0.4, 0.5) is 0 Å². The summed E-state index contributed by atoms with van der Waals surface area (Å²) >= 11 is 1.46. The standard InChI is InChI=1S/C32H30N2O6S/c1-19-14-22(15-20(2)28(19)36)16-33-26-30(37)34-27(25(17-39-21(3)35)18-41-31(26)34)32(38)40-29(23-10-6-4-7-11-23)24-12-8-5-9-13-24/h4-16,26,29,31,36H,17-18H2,1-3H3/t26-,31+/m1/s1. The molecule has 2 atom stereocenters. The largest absolute Gasteiger partial charge is 0.507 e. The molecule has 3 aromatic rings. The van der Waals surface area contributed by atoms with Crippen molar-refractivity contribution in [2.24, 2.45) is 4.99 Å². The van der Waals surface area contributed by atoms with Crippen molar-refractivity contribution in [2.75, 3.05) is 12.4 Å². The maximum absolute atomic E-state index is 13.9. The van der Waals surface area contributed by atoms with E-state index in [1.54, 1.807) is 32.2 Å². The molecule has 2 heterocycles. The Balaban J connectivity index is 1.44. The molecule has 0 unspecified atom stereocenters. The van der Waals surface area contributed by atoms with Crippen LogP contribution in [0.25, 0.3) is 0 Å². The Kier molecular flexibility index (Phi) is 8.26. The van der Waals surface area contributed by atoms with Crippen molar-refractivity contribution < 1.29 is 29.0 Å². The average molecular weight is 571 g/mol. The molecular weight excluding hydrogens is 540 g/mol. The van der Waals surface area contributed by atoms with Gasteiger partial charge in [0.2, 0.25) is 0 Å². The highest BCUT2D eigenvalue weighted by Crippen LogP contribution is 2.43. The Morgan fingerprint density at radius 1 is 1.05 bits per heavy atom. The number of esters is 2. The molecule has 1 amide bonds. The summed E-state index contributed by atoms with van der Waals surface area (Å²) in [7, 11) is 0. The molecule has 1 saturated heterocycles. The van der Waals surface area contributed by atoms with Crippen LogP contribution in [0.3, 0.4) is 0 Å². The van der Waals surface area contributed by atoms with E-state index in [2.05, 4.69) is 4.99 Å². The van der Waals surface area contributed by atoms with Crippen LogP contribution in [0.2, 0.25) is 0 Å². The second kappa shape index (κ2) is 12.0. The lowest BCUT2D eigenvalue weighted by atomic mass is 10.0. The fourth-order valence-corrected chi connectivity index (χ4v) is 6.25. The number of aliphatic imine (C=N–C) groups is 1. The number of amides is 1. The van der Waals surface area contributed by atoms with Crippen LogP contribution in [0.5, 0.6) is 5.75 Å². The van der Waals surface area contributed by atoms with E-state index in [0.29, 0.717) is 11.3 Å². The number of ether oxygens (including phenoxy) is 2. The predicted molar refractivity (Wildman–Crippen MR) is 157 cm³/mol. The number of thioether (sulfide) groups is 1. The number of nitrogens with zero attached hydrogens (tertiary/aromatic N) is 2. The number of phenols is 1. The Hall–Kier alpha value is -4.37. The number of β-lactam (4-membered cyclic amide) rings is 1. The summed E-state index contributed by atoms with van der Waals surface area (Å²) in [6, 6.07) is 21.7. The maximum Gasteiger partial charge on any atom is 0.356 e. The van der Waals surface area contributed by atoms with Crippen molar-refractivity contribution >= 4 is 35.8 Å². The Morgan fingerprint density at radius 3 is 2.20 bits per heavy atom. The highest BCUT2D eigenvalue weighted by atomic mass is 32.2. The fraction of sp³-hybridized carbons (Fsp3) is 0.250. The summed E-state index contributed by atoms with van der Waals surface area (Å²) < 4.78 is 11.3. The zero-order chi connectivity index (χ0) is 29.1. The van der Waals surface area contributed by atoms with Gasteiger partial charge in [0.15, 0.2) is 12.1 Å². The number of benzene rings is 3. The zero-order valence-electron chi connectivity index (χ0n) is 22.9. The molecule has 3 aromatic carbocycles. The van der Waals surface area contributed by atoms with Gasteiger partial charge in [0, 0.05) is 24.5 Å². The Labute approximate surface area is 242 Å². The first kappa shape index (κ1) is 28.2. The predicted octanol–water partition coefficient (Wildman–Crippen LogP) is 4.86. The molecule has 41 heavy (non-hydrogen) atoms. The highest BCUT2D eigenvalue weighted by molar-refractivity contribution is 8.00. The smallest absolute Gasteiger partial charge is 0.356 e. The van der Waals surface area contributed by atoms with Gasteiger partial charge in [0.05, 0.1) is 0 Å². The highest BCUT2D eigenvalue weighted by Gasteiger charge is 2.54. The number of carbonyl (C=O) groups excluding carboxylic acids is 3.